The number of nitrogens with one attached hydrogen (secondary N) is 1. The molecule has 3 rings (SSSR count). The lowest BCUT2D eigenvalue weighted by molar-refractivity contribution is 0.0656. The Morgan fingerprint density at radius 2 is 2.14 bits per heavy atom. The summed E-state index contributed by atoms with van der Waals surface area (Å²) in [7, 11) is 0. The first kappa shape index (κ1) is 15.0. The first-order valence-electron chi connectivity index (χ1n) is 8.02. The molecule has 1 N–H and O–H groups in total. The van der Waals surface area contributed by atoms with Crippen LogP contribution >= 0.6 is 0 Å². The van der Waals surface area contributed by atoms with E-state index in [-0.39, 0.29) is 5.60 Å². The van der Waals surface area contributed by atoms with Crippen LogP contribution in [0.15, 0.2) is 42.6 Å². The fraction of sp³-hybridized carbons (Fsp3) is 0.421. The second-order valence-corrected chi connectivity index (χ2v) is 6.55. The Labute approximate surface area is 132 Å². The SMILES string of the molecule is CCc1ccc2c(c1)C(NCc1ccccn1)CC(C)(C)O2. The Bertz CT molecular complexity index is 637. The van der Waals surface area contributed by atoms with Crippen LogP contribution in [-0.2, 0) is 13.0 Å². The van der Waals surface area contributed by atoms with Crippen molar-refractivity contribution < 1.29 is 4.74 Å². The van der Waals surface area contributed by atoms with E-state index in [1.165, 1.54) is 11.1 Å². The van der Waals surface area contributed by atoms with Crippen molar-refractivity contribution in [3.8, 4) is 5.75 Å². The van der Waals surface area contributed by atoms with Gasteiger partial charge < -0.3 is 10.1 Å². The fourth-order valence-electron chi connectivity index (χ4n) is 3.04. The smallest absolute Gasteiger partial charge is 0.124 e. The summed E-state index contributed by atoms with van der Waals surface area (Å²) in [6.45, 7) is 7.27. The van der Waals surface area contributed by atoms with Gasteiger partial charge in [-0.1, -0.05) is 25.1 Å². The van der Waals surface area contributed by atoms with E-state index in [0.717, 1.165) is 30.8 Å². The van der Waals surface area contributed by atoms with Gasteiger partial charge in [-0.25, -0.2) is 0 Å². The lowest BCUT2D eigenvalue weighted by Gasteiger charge is -2.38. The molecule has 0 amide bonds. The van der Waals surface area contributed by atoms with Crippen molar-refractivity contribution in [2.75, 3.05) is 0 Å². The molecule has 0 spiro atoms. The van der Waals surface area contributed by atoms with Crippen molar-refractivity contribution in [2.24, 2.45) is 0 Å². The molecule has 1 aliphatic heterocycles. The van der Waals surface area contributed by atoms with Crippen LogP contribution in [0.2, 0.25) is 0 Å². The van der Waals surface area contributed by atoms with Crippen molar-refractivity contribution in [2.45, 2.75) is 51.8 Å². The molecule has 0 aliphatic carbocycles. The number of nitrogens with zero attached hydrogens (tertiary/aromatic N) is 1. The maximum absolute atomic E-state index is 6.15. The molecule has 22 heavy (non-hydrogen) atoms. The van der Waals surface area contributed by atoms with E-state index in [1.54, 1.807) is 0 Å². The lowest BCUT2D eigenvalue weighted by atomic mass is 9.88. The summed E-state index contributed by atoms with van der Waals surface area (Å²) in [6.07, 6.45) is 3.84. The highest BCUT2D eigenvalue weighted by Gasteiger charge is 2.33. The van der Waals surface area contributed by atoms with Crippen molar-refractivity contribution in [3.63, 3.8) is 0 Å². The van der Waals surface area contributed by atoms with Crippen LogP contribution in [0.25, 0.3) is 0 Å². The zero-order chi connectivity index (χ0) is 15.6. The molecular formula is C19H24N2O. The van der Waals surface area contributed by atoms with Crippen LogP contribution in [0.3, 0.4) is 0 Å². The Kier molecular flexibility index (Phi) is 4.16. The monoisotopic (exact) mass is 296 g/mol. The Morgan fingerprint density at radius 3 is 2.86 bits per heavy atom. The summed E-state index contributed by atoms with van der Waals surface area (Å²) in [5.41, 5.74) is 3.55. The Morgan fingerprint density at radius 1 is 1.27 bits per heavy atom. The van der Waals surface area contributed by atoms with Crippen molar-refractivity contribution in [1.29, 1.82) is 0 Å². The molecule has 2 aromatic rings. The van der Waals surface area contributed by atoms with Crippen LogP contribution in [0, 0.1) is 0 Å². The first-order valence-corrected chi connectivity index (χ1v) is 8.02. The van der Waals surface area contributed by atoms with Gasteiger partial charge in [-0.05, 0) is 44.0 Å². The first-order chi connectivity index (χ1) is 10.6. The minimum Gasteiger partial charge on any atom is -0.487 e. The van der Waals surface area contributed by atoms with E-state index in [1.807, 2.05) is 18.3 Å². The number of hydrogen-bond acceptors (Lipinski definition) is 3. The van der Waals surface area contributed by atoms with Crippen molar-refractivity contribution in [1.82, 2.24) is 10.3 Å². The van der Waals surface area contributed by atoms with E-state index < -0.39 is 0 Å². The average molecular weight is 296 g/mol. The molecule has 1 aromatic carbocycles. The van der Waals surface area contributed by atoms with Gasteiger partial charge >= 0.3 is 0 Å². The summed E-state index contributed by atoms with van der Waals surface area (Å²) in [5.74, 6) is 1.01. The molecule has 3 heteroatoms. The number of pyridine rings is 1. The van der Waals surface area contributed by atoms with Crippen LogP contribution in [-0.4, -0.2) is 10.6 Å². The third kappa shape index (κ3) is 3.30. The number of aryl methyl sites for hydroxylation is 1. The van der Waals surface area contributed by atoms with E-state index >= 15 is 0 Å². The number of fused-ring (bicyclic) bond motifs is 1. The maximum atomic E-state index is 6.15. The molecule has 1 unspecified atom stereocenters. The summed E-state index contributed by atoms with van der Waals surface area (Å²) >= 11 is 0. The minimum absolute atomic E-state index is 0.150. The standard InChI is InChI=1S/C19H24N2O/c1-4-14-8-9-18-16(11-14)17(12-19(2,3)22-18)21-13-15-7-5-6-10-20-15/h5-11,17,21H,4,12-13H2,1-3H3. The Balaban J connectivity index is 1.84. The van der Waals surface area contributed by atoms with Gasteiger partial charge in [-0.3, -0.25) is 4.98 Å². The predicted molar refractivity (Wildman–Crippen MR) is 89.0 cm³/mol. The minimum atomic E-state index is -0.150. The number of rotatable bonds is 4. The van der Waals surface area contributed by atoms with Gasteiger partial charge in [0, 0.05) is 30.8 Å². The summed E-state index contributed by atoms with van der Waals surface area (Å²) in [5, 5.41) is 3.66. The summed E-state index contributed by atoms with van der Waals surface area (Å²) in [4.78, 5) is 4.40. The summed E-state index contributed by atoms with van der Waals surface area (Å²) < 4.78 is 6.15. The zero-order valence-electron chi connectivity index (χ0n) is 13.6. The number of benzene rings is 1. The molecule has 1 aliphatic rings. The third-order valence-corrected chi connectivity index (χ3v) is 4.20. The number of ether oxygens (including phenoxy) is 1. The lowest BCUT2D eigenvalue weighted by Crippen LogP contribution is -2.39. The van der Waals surface area contributed by atoms with E-state index in [9.17, 15) is 0 Å². The molecule has 0 saturated carbocycles. The molecule has 3 nitrogen and oxygen atoms in total. The highest BCUT2D eigenvalue weighted by molar-refractivity contribution is 5.42. The second-order valence-electron chi connectivity index (χ2n) is 6.55. The highest BCUT2D eigenvalue weighted by atomic mass is 16.5. The van der Waals surface area contributed by atoms with Crippen molar-refractivity contribution in [3.05, 3.63) is 59.4 Å². The van der Waals surface area contributed by atoms with Gasteiger partial charge in [-0.2, -0.15) is 0 Å². The topological polar surface area (TPSA) is 34.2 Å². The van der Waals surface area contributed by atoms with Crippen LogP contribution in [0.1, 0.15) is 50.1 Å². The molecule has 2 heterocycles. The number of aromatic nitrogens is 1. The molecule has 116 valence electrons. The molecule has 0 fully saturated rings. The van der Waals surface area contributed by atoms with Crippen molar-refractivity contribution >= 4 is 0 Å². The van der Waals surface area contributed by atoms with E-state index in [2.05, 4.69) is 55.3 Å². The number of hydrogen-bond donors (Lipinski definition) is 1. The molecule has 0 radical (unpaired) electrons. The summed E-state index contributed by atoms with van der Waals surface area (Å²) in [6, 6.07) is 12.9. The largest absolute Gasteiger partial charge is 0.487 e. The van der Waals surface area contributed by atoms with Gasteiger partial charge in [0.25, 0.3) is 0 Å². The fourth-order valence-corrected chi connectivity index (χ4v) is 3.04. The molecule has 1 atom stereocenters. The van der Waals surface area contributed by atoms with Gasteiger partial charge in [0.05, 0.1) is 5.69 Å². The van der Waals surface area contributed by atoms with Crippen LogP contribution in [0.5, 0.6) is 5.75 Å². The van der Waals surface area contributed by atoms with Crippen LogP contribution in [0.4, 0.5) is 0 Å². The highest BCUT2D eigenvalue weighted by Crippen LogP contribution is 2.40. The van der Waals surface area contributed by atoms with Crippen LogP contribution < -0.4 is 10.1 Å². The van der Waals surface area contributed by atoms with Gasteiger partial charge in [0.15, 0.2) is 0 Å². The zero-order valence-corrected chi connectivity index (χ0v) is 13.6. The molecule has 1 aromatic heterocycles. The Hall–Kier alpha value is -1.87. The molecular weight excluding hydrogens is 272 g/mol. The van der Waals surface area contributed by atoms with Gasteiger partial charge in [-0.15, -0.1) is 0 Å². The molecule has 0 saturated heterocycles. The average Bonchev–Trinajstić information content (AvgIpc) is 2.52. The normalized spacial score (nSPS) is 19.3. The van der Waals surface area contributed by atoms with E-state index in [0.29, 0.717) is 6.04 Å². The maximum Gasteiger partial charge on any atom is 0.124 e. The second kappa shape index (κ2) is 6.09. The van der Waals surface area contributed by atoms with E-state index in [4.69, 9.17) is 4.74 Å². The van der Waals surface area contributed by atoms with Gasteiger partial charge in [0.1, 0.15) is 11.4 Å². The van der Waals surface area contributed by atoms with Gasteiger partial charge in [0.2, 0.25) is 0 Å². The third-order valence-electron chi connectivity index (χ3n) is 4.20. The quantitative estimate of drug-likeness (QED) is 0.924. The predicted octanol–water partition coefficient (Wildman–Crippen LogP) is 4.04. The molecule has 0 bridgehead atoms.